The third-order valence-electron chi connectivity index (χ3n) is 6.53. The highest BCUT2D eigenvalue weighted by Crippen LogP contribution is 2.38. The van der Waals surface area contributed by atoms with E-state index in [-0.39, 0.29) is 12.3 Å². The quantitative estimate of drug-likeness (QED) is 0.546. The molecule has 0 bridgehead atoms. The van der Waals surface area contributed by atoms with Crippen molar-refractivity contribution in [2.75, 3.05) is 32.6 Å². The Kier molecular flexibility index (Phi) is 6.61. The number of carbonyl (C=O) groups excluding carboxylic acids is 1. The number of rotatable bonds is 6. The van der Waals surface area contributed by atoms with Crippen LogP contribution >= 0.6 is 0 Å². The maximum Gasteiger partial charge on any atom is 0.228 e. The number of fused-ring (bicyclic) bond motifs is 1. The Morgan fingerprint density at radius 3 is 2.60 bits per heavy atom. The van der Waals surface area contributed by atoms with Crippen LogP contribution in [0.4, 0.5) is 5.69 Å². The Morgan fingerprint density at radius 1 is 1.00 bits per heavy atom. The standard InChI is InChI=1S/C28H30N2O5/c1-32-25-8-4-6-21(27(25)33-2)17-26(31)30-23-7-3-5-19(16-23)20-9-10-24-22(15-20)18-34-28(35-24)11-13-29-14-12-28/h3-10,15-16,29H,11-14,17-18H2,1-2H3,(H,30,31). The summed E-state index contributed by atoms with van der Waals surface area (Å²) in [6.45, 7) is 2.33. The summed E-state index contributed by atoms with van der Waals surface area (Å²) >= 11 is 0. The van der Waals surface area contributed by atoms with Gasteiger partial charge in [-0.2, -0.15) is 0 Å². The molecule has 1 fully saturated rings. The largest absolute Gasteiger partial charge is 0.493 e. The molecule has 1 spiro atoms. The summed E-state index contributed by atoms with van der Waals surface area (Å²) in [6, 6.07) is 19.5. The highest BCUT2D eigenvalue weighted by atomic mass is 16.7. The molecule has 2 heterocycles. The Bertz CT molecular complexity index is 1220. The van der Waals surface area contributed by atoms with Gasteiger partial charge in [0.2, 0.25) is 11.7 Å². The molecule has 0 unspecified atom stereocenters. The van der Waals surface area contributed by atoms with Gasteiger partial charge in [0.1, 0.15) is 5.75 Å². The van der Waals surface area contributed by atoms with E-state index in [4.69, 9.17) is 18.9 Å². The molecule has 2 N–H and O–H groups in total. The van der Waals surface area contributed by atoms with Crippen LogP contribution in [0, 0.1) is 0 Å². The van der Waals surface area contributed by atoms with Crippen LogP contribution in [0.1, 0.15) is 24.0 Å². The Hall–Kier alpha value is -3.55. The minimum absolute atomic E-state index is 0.131. The topological polar surface area (TPSA) is 78.1 Å². The Morgan fingerprint density at radius 2 is 1.80 bits per heavy atom. The van der Waals surface area contributed by atoms with Crippen LogP contribution in [-0.2, 0) is 22.6 Å². The molecule has 0 aromatic heterocycles. The number of hydrogen-bond donors (Lipinski definition) is 2. The number of nitrogens with one attached hydrogen (secondary N) is 2. The average molecular weight is 475 g/mol. The lowest BCUT2D eigenvalue weighted by Gasteiger charge is -2.41. The molecule has 3 aromatic carbocycles. The van der Waals surface area contributed by atoms with Crippen molar-refractivity contribution in [3.8, 4) is 28.4 Å². The van der Waals surface area contributed by atoms with Crippen molar-refractivity contribution >= 4 is 11.6 Å². The number of carbonyl (C=O) groups is 1. The number of anilines is 1. The zero-order valence-corrected chi connectivity index (χ0v) is 20.1. The van der Waals surface area contributed by atoms with Crippen molar-refractivity contribution in [3.05, 3.63) is 71.8 Å². The second kappa shape index (κ2) is 9.98. The van der Waals surface area contributed by atoms with Gasteiger partial charge in [-0.3, -0.25) is 4.79 Å². The van der Waals surface area contributed by atoms with Gasteiger partial charge in [0.05, 0.1) is 27.2 Å². The fourth-order valence-electron chi connectivity index (χ4n) is 4.71. The summed E-state index contributed by atoms with van der Waals surface area (Å²) in [7, 11) is 3.15. The monoisotopic (exact) mass is 474 g/mol. The van der Waals surface area contributed by atoms with Crippen LogP contribution < -0.4 is 24.8 Å². The summed E-state index contributed by atoms with van der Waals surface area (Å²) in [5.74, 6) is 1.43. The summed E-state index contributed by atoms with van der Waals surface area (Å²) in [5.41, 5.74) is 4.58. The highest BCUT2D eigenvalue weighted by Gasteiger charge is 2.38. The number of amides is 1. The third-order valence-corrected chi connectivity index (χ3v) is 6.53. The van der Waals surface area contributed by atoms with Crippen molar-refractivity contribution < 1.29 is 23.7 Å². The molecule has 7 heteroatoms. The fourth-order valence-corrected chi connectivity index (χ4v) is 4.71. The smallest absolute Gasteiger partial charge is 0.228 e. The molecular weight excluding hydrogens is 444 g/mol. The molecule has 0 radical (unpaired) electrons. The van der Waals surface area contributed by atoms with Gasteiger partial charge < -0.3 is 29.6 Å². The van der Waals surface area contributed by atoms with Crippen LogP contribution in [-0.4, -0.2) is 39.0 Å². The molecule has 35 heavy (non-hydrogen) atoms. The summed E-state index contributed by atoms with van der Waals surface area (Å²) < 4.78 is 23.2. The molecule has 2 aliphatic rings. The van der Waals surface area contributed by atoms with E-state index < -0.39 is 5.79 Å². The van der Waals surface area contributed by atoms with E-state index in [2.05, 4.69) is 22.8 Å². The number of methoxy groups -OCH3 is 2. The summed E-state index contributed by atoms with van der Waals surface area (Å²) in [6.07, 6.45) is 1.87. The van der Waals surface area contributed by atoms with Crippen LogP contribution in [0.25, 0.3) is 11.1 Å². The fraction of sp³-hybridized carbons (Fsp3) is 0.321. The van der Waals surface area contributed by atoms with Gasteiger partial charge in [-0.1, -0.05) is 30.3 Å². The third kappa shape index (κ3) is 4.97. The second-order valence-electron chi connectivity index (χ2n) is 8.83. The van der Waals surface area contributed by atoms with Crippen LogP contribution in [0.5, 0.6) is 17.2 Å². The molecule has 1 amide bonds. The first-order chi connectivity index (χ1) is 17.1. The van der Waals surface area contributed by atoms with E-state index >= 15 is 0 Å². The first kappa shape index (κ1) is 23.2. The zero-order valence-electron chi connectivity index (χ0n) is 20.1. The number of hydrogen-bond acceptors (Lipinski definition) is 6. The zero-order chi connectivity index (χ0) is 24.3. The minimum atomic E-state index is -0.505. The predicted octanol–water partition coefficient (Wildman–Crippen LogP) is 4.54. The van der Waals surface area contributed by atoms with Gasteiger partial charge in [-0.15, -0.1) is 0 Å². The van der Waals surface area contributed by atoms with E-state index in [1.54, 1.807) is 14.2 Å². The van der Waals surface area contributed by atoms with Gasteiger partial charge in [0, 0.05) is 42.7 Å². The molecule has 2 aliphatic heterocycles. The molecule has 3 aromatic rings. The first-order valence-corrected chi connectivity index (χ1v) is 11.9. The molecule has 0 aliphatic carbocycles. The summed E-state index contributed by atoms with van der Waals surface area (Å²) in [5, 5.41) is 6.35. The van der Waals surface area contributed by atoms with E-state index in [1.165, 1.54) is 0 Å². The van der Waals surface area contributed by atoms with E-state index in [1.807, 2.05) is 48.5 Å². The number of piperidine rings is 1. The lowest BCUT2D eigenvalue weighted by molar-refractivity contribution is -0.218. The first-order valence-electron chi connectivity index (χ1n) is 11.9. The predicted molar refractivity (Wildman–Crippen MR) is 134 cm³/mol. The molecular formula is C28H30N2O5. The maximum absolute atomic E-state index is 12.8. The van der Waals surface area contributed by atoms with Crippen molar-refractivity contribution in [1.82, 2.24) is 5.32 Å². The number of ether oxygens (including phenoxy) is 4. The van der Waals surface area contributed by atoms with Crippen molar-refractivity contribution in [2.45, 2.75) is 31.7 Å². The molecule has 182 valence electrons. The number of benzene rings is 3. The van der Waals surface area contributed by atoms with Gasteiger partial charge >= 0.3 is 0 Å². The van der Waals surface area contributed by atoms with Gasteiger partial charge in [-0.25, -0.2) is 0 Å². The van der Waals surface area contributed by atoms with E-state index in [0.717, 1.165) is 59.6 Å². The second-order valence-corrected chi connectivity index (χ2v) is 8.83. The van der Waals surface area contributed by atoms with E-state index in [9.17, 15) is 4.79 Å². The molecule has 1 saturated heterocycles. The lowest BCUT2D eigenvalue weighted by atomic mass is 9.99. The van der Waals surface area contributed by atoms with Crippen molar-refractivity contribution in [1.29, 1.82) is 0 Å². The average Bonchev–Trinajstić information content (AvgIpc) is 2.88. The van der Waals surface area contributed by atoms with Gasteiger partial charge in [-0.05, 0) is 41.5 Å². The van der Waals surface area contributed by atoms with Crippen LogP contribution in [0.2, 0.25) is 0 Å². The minimum Gasteiger partial charge on any atom is -0.493 e. The molecule has 5 rings (SSSR count). The SMILES string of the molecule is COc1cccc(CC(=O)Nc2cccc(-c3ccc4c(c3)COC3(CCNCC3)O4)c2)c1OC. The maximum atomic E-state index is 12.8. The van der Waals surface area contributed by atoms with Gasteiger partial charge in [0.25, 0.3) is 0 Å². The molecule has 0 atom stereocenters. The lowest BCUT2D eigenvalue weighted by Crippen LogP contribution is -2.49. The highest BCUT2D eigenvalue weighted by molar-refractivity contribution is 5.93. The van der Waals surface area contributed by atoms with E-state index in [0.29, 0.717) is 18.1 Å². The summed E-state index contributed by atoms with van der Waals surface area (Å²) in [4.78, 5) is 12.8. The Labute approximate surface area is 205 Å². The number of para-hydroxylation sites is 1. The molecule has 7 nitrogen and oxygen atoms in total. The molecule has 0 saturated carbocycles. The van der Waals surface area contributed by atoms with Crippen molar-refractivity contribution in [3.63, 3.8) is 0 Å². The van der Waals surface area contributed by atoms with Crippen LogP contribution in [0.3, 0.4) is 0 Å². The Balaban J connectivity index is 1.30. The normalized spacial score (nSPS) is 16.2. The van der Waals surface area contributed by atoms with Crippen LogP contribution in [0.15, 0.2) is 60.7 Å². The van der Waals surface area contributed by atoms with Crippen molar-refractivity contribution in [2.24, 2.45) is 0 Å². The van der Waals surface area contributed by atoms with Gasteiger partial charge in [0.15, 0.2) is 11.5 Å².